The maximum Gasteiger partial charge on any atom is 0.271 e. The maximum absolute atomic E-state index is 11.8. The van der Waals surface area contributed by atoms with Gasteiger partial charge in [-0.25, -0.2) is 4.98 Å². The van der Waals surface area contributed by atoms with E-state index in [1.165, 1.54) is 0 Å². The average molecular weight is 489 g/mol. The molecule has 0 aliphatic heterocycles. The molecule has 0 aliphatic rings. The van der Waals surface area contributed by atoms with Gasteiger partial charge in [-0.1, -0.05) is 0 Å². The lowest BCUT2D eigenvalue weighted by molar-refractivity contribution is 0.324. The van der Waals surface area contributed by atoms with E-state index >= 15 is 0 Å². The van der Waals surface area contributed by atoms with Gasteiger partial charge in [0.1, 0.15) is 5.82 Å². The lowest BCUT2D eigenvalue weighted by Gasteiger charge is -2.15. The van der Waals surface area contributed by atoms with Crippen LogP contribution in [0.1, 0.15) is 5.69 Å². The predicted molar refractivity (Wildman–Crippen MR) is 136 cm³/mol. The van der Waals surface area contributed by atoms with Crippen LogP contribution in [0.5, 0.6) is 17.2 Å². The summed E-state index contributed by atoms with van der Waals surface area (Å²) in [5, 5.41) is 19.5. The van der Waals surface area contributed by atoms with E-state index in [9.17, 15) is 4.79 Å². The van der Waals surface area contributed by atoms with Crippen LogP contribution >= 0.6 is 0 Å². The maximum atomic E-state index is 11.8. The number of aromatic nitrogens is 6. The van der Waals surface area contributed by atoms with Crippen molar-refractivity contribution in [3.8, 4) is 28.5 Å². The largest absolute Gasteiger partial charge is 0.493 e. The van der Waals surface area contributed by atoms with Gasteiger partial charge in [-0.2, -0.15) is 10.1 Å². The molecule has 5 N–H and O–H groups in total. The number of ether oxygens (including phenoxy) is 3. The van der Waals surface area contributed by atoms with Crippen LogP contribution in [0.3, 0.4) is 0 Å². The molecule has 0 spiro atoms. The molecule has 5 aromatic rings. The molecule has 0 saturated heterocycles. The molecular formula is C24H24N8O4. The second kappa shape index (κ2) is 9.33. The monoisotopic (exact) mass is 488 g/mol. The highest BCUT2D eigenvalue weighted by atomic mass is 16.5. The van der Waals surface area contributed by atoms with Crippen molar-refractivity contribution >= 4 is 34.2 Å². The highest BCUT2D eigenvalue weighted by molar-refractivity contribution is 5.82. The molecule has 36 heavy (non-hydrogen) atoms. The molecule has 12 nitrogen and oxygen atoms in total. The van der Waals surface area contributed by atoms with Crippen molar-refractivity contribution in [2.24, 2.45) is 0 Å². The minimum absolute atomic E-state index is 0.182. The van der Waals surface area contributed by atoms with Gasteiger partial charge in [-0.3, -0.25) is 20.1 Å². The molecule has 12 heteroatoms. The number of nitrogens with zero attached hydrogens (tertiary/aromatic N) is 3. The third-order valence-electron chi connectivity index (χ3n) is 5.48. The van der Waals surface area contributed by atoms with Crippen molar-refractivity contribution in [2.45, 2.75) is 6.92 Å². The van der Waals surface area contributed by atoms with Crippen LogP contribution in [-0.2, 0) is 0 Å². The molecule has 0 fully saturated rings. The molecule has 0 aliphatic carbocycles. The highest BCUT2D eigenvalue weighted by Gasteiger charge is 2.17. The smallest absolute Gasteiger partial charge is 0.271 e. The second-order valence-corrected chi connectivity index (χ2v) is 7.90. The molecule has 184 valence electrons. The summed E-state index contributed by atoms with van der Waals surface area (Å²) in [6, 6.07) is 12.6. The third kappa shape index (κ3) is 4.39. The average Bonchev–Trinajstić information content (AvgIpc) is 3.47. The predicted octanol–water partition coefficient (Wildman–Crippen LogP) is 3.86. The molecule has 0 radical (unpaired) electrons. The molecule has 3 heterocycles. The highest BCUT2D eigenvalue weighted by Crippen LogP contribution is 2.41. The fourth-order valence-electron chi connectivity index (χ4n) is 3.80. The zero-order valence-corrected chi connectivity index (χ0v) is 20.0. The molecule has 0 amide bonds. The number of aromatic amines is 3. The molecule has 2 aromatic carbocycles. The summed E-state index contributed by atoms with van der Waals surface area (Å²) in [5.41, 5.74) is 3.40. The Labute approximate surface area is 205 Å². The Morgan fingerprint density at radius 3 is 2.28 bits per heavy atom. The quantitative estimate of drug-likeness (QED) is 0.219. The number of hydrogen-bond donors (Lipinski definition) is 5. The summed E-state index contributed by atoms with van der Waals surface area (Å²) < 4.78 is 16.5. The van der Waals surface area contributed by atoms with Crippen molar-refractivity contribution in [1.82, 2.24) is 30.4 Å². The van der Waals surface area contributed by atoms with Crippen molar-refractivity contribution < 1.29 is 14.2 Å². The number of rotatable bonds is 8. The molecule has 0 atom stereocenters. The van der Waals surface area contributed by atoms with Gasteiger partial charge in [-0.05, 0) is 37.3 Å². The first kappa shape index (κ1) is 22.8. The van der Waals surface area contributed by atoms with Gasteiger partial charge in [0.05, 0.1) is 37.9 Å². The lowest BCUT2D eigenvalue weighted by atomic mass is 10.1. The fraction of sp³-hybridized carbons (Fsp3) is 0.167. The standard InChI is InChI=1S/C24H24N8O4/c1-12-7-21(31-29-12)27-20-11-16(13-8-18(34-2)22(36-4)19(9-13)35-3)26-24(28-20)25-14-5-6-15-17(10-14)30-32-23(15)33/h5-11H,1-4H3,(H2,30,32,33)(H3,25,26,27,28,29,31). The van der Waals surface area contributed by atoms with Crippen LogP contribution in [0, 0.1) is 6.92 Å². The first-order chi connectivity index (χ1) is 17.5. The minimum Gasteiger partial charge on any atom is -0.493 e. The number of nitrogens with one attached hydrogen (secondary N) is 5. The Hall–Kier alpha value is -5.00. The zero-order valence-electron chi connectivity index (χ0n) is 20.0. The van der Waals surface area contributed by atoms with E-state index in [0.717, 1.165) is 11.3 Å². The van der Waals surface area contributed by atoms with E-state index in [4.69, 9.17) is 19.2 Å². The van der Waals surface area contributed by atoms with Crippen molar-refractivity contribution in [3.63, 3.8) is 0 Å². The Bertz CT molecular complexity index is 1580. The van der Waals surface area contributed by atoms with Gasteiger partial charge in [-0.15, -0.1) is 0 Å². The number of hydrogen-bond acceptors (Lipinski definition) is 9. The fourth-order valence-corrected chi connectivity index (χ4v) is 3.80. The van der Waals surface area contributed by atoms with E-state index in [1.54, 1.807) is 45.6 Å². The molecule has 0 saturated carbocycles. The van der Waals surface area contributed by atoms with Crippen molar-refractivity contribution in [3.05, 3.63) is 58.5 Å². The first-order valence-electron chi connectivity index (χ1n) is 10.9. The number of fused-ring (bicyclic) bond motifs is 1. The number of anilines is 4. The van der Waals surface area contributed by atoms with Gasteiger partial charge in [0.15, 0.2) is 17.3 Å². The zero-order chi connectivity index (χ0) is 25.2. The van der Waals surface area contributed by atoms with E-state index in [1.807, 2.05) is 25.1 Å². The lowest BCUT2D eigenvalue weighted by Crippen LogP contribution is -2.03. The van der Waals surface area contributed by atoms with Crippen molar-refractivity contribution in [2.75, 3.05) is 32.0 Å². The van der Waals surface area contributed by atoms with Crippen molar-refractivity contribution in [1.29, 1.82) is 0 Å². The SMILES string of the molecule is COc1cc(-c2cc(Nc3cc(C)[nH]n3)nc(Nc3ccc4c(=O)[nH][nH]c4c3)n2)cc(OC)c1OC. The Kier molecular flexibility index (Phi) is 5.90. The Morgan fingerprint density at radius 2 is 1.61 bits per heavy atom. The van der Waals surface area contributed by atoms with Crippen LogP contribution in [0.2, 0.25) is 0 Å². The summed E-state index contributed by atoms with van der Waals surface area (Å²) in [5.74, 6) is 2.93. The number of H-pyrrole nitrogens is 3. The first-order valence-corrected chi connectivity index (χ1v) is 10.9. The number of aryl methyl sites for hydroxylation is 1. The number of benzene rings is 2. The Morgan fingerprint density at radius 1 is 0.833 bits per heavy atom. The van der Waals surface area contributed by atoms with Gasteiger partial charge in [0.25, 0.3) is 5.56 Å². The van der Waals surface area contributed by atoms with E-state index < -0.39 is 0 Å². The molecule has 5 rings (SSSR count). The normalized spacial score (nSPS) is 10.9. The third-order valence-corrected chi connectivity index (χ3v) is 5.48. The summed E-state index contributed by atoms with van der Waals surface area (Å²) in [6.45, 7) is 1.91. The molecular weight excluding hydrogens is 464 g/mol. The molecule has 0 bridgehead atoms. The summed E-state index contributed by atoms with van der Waals surface area (Å²) in [6.07, 6.45) is 0. The molecule has 0 unspecified atom stereocenters. The van der Waals surface area contributed by atoms with Crippen LogP contribution in [0.4, 0.5) is 23.3 Å². The van der Waals surface area contributed by atoms with Crippen LogP contribution in [0.25, 0.3) is 22.2 Å². The topological polar surface area (TPSA) is 155 Å². The number of methoxy groups -OCH3 is 3. The van der Waals surface area contributed by atoms with Gasteiger partial charge in [0, 0.05) is 29.1 Å². The van der Waals surface area contributed by atoms with Gasteiger partial charge >= 0.3 is 0 Å². The van der Waals surface area contributed by atoms with Gasteiger partial charge < -0.3 is 24.8 Å². The van der Waals surface area contributed by atoms with Crippen LogP contribution in [-0.4, -0.2) is 51.7 Å². The van der Waals surface area contributed by atoms with Crippen LogP contribution in [0.15, 0.2) is 47.3 Å². The summed E-state index contributed by atoms with van der Waals surface area (Å²) in [4.78, 5) is 21.2. The second-order valence-electron chi connectivity index (χ2n) is 7.90. The molecule has 3 aromatic heterocycles. The summed E-state index contributed by atoms with van der Waals surface area (Å²) in [7, 11) is 4.67. The van der Waals surface area contributed by atoms with E-state index in [0.29, 0.717) is 57.1 Å². The van der Waals surface area contributed by atoms with Crippen LogP contribution < -0.4 is 30.4 Å². The van der Waals surface area contributed by atoms with Gasteiger partial charge in [0.2, 0.25) is 11.7 Å². The Balaban J connectivity index is 1.59. The van der Waals surface area contributed by atoms with E-state index in [-0.39, 0.29) is 5.56 Å². The van der Waals surface area contributed by atoms with E-state index in [2.05, 4.69) is 36.0 Å². The minimum atomic E-state index is -0.182. The summed E-state index contributed by atoms with van der Waals surface area (Å²) >= 11 is 0.